The average molecular weight is 571 g/mol. The predicted molar refractivity (Wildman–Crippen MR) is 157 cm³/mol. The van der Waals surface area contributed by atoms with Crippen molar-refractivity contribution in [3.05, 3.63) is 118 Å². The van der Waals surface area contributed by atoms with E-state index in [1.165, 1.54) is 47.4 Å². The first-order valence-corrected chi connectivity index (χ1v) is 13.7. The van der Waals surface area contributed by atoms with Crippen LogP contribution in [0.5, 0.6) is 5.75 Å². The molecule has 0 aliphatic rings. The second kappa shape index (κ2) is 12.0. The summed E-state index contributed by atoms with van der Waals surface area (Å²) >= 11 is 2.71. The Balaban J connectivity index is 1.34. The Bertz CT molecular complexity index is 1690. The summed E-state index contributed by atoms with van der Waals surface area (Å²) in [4.78, 5) is 41.9. The lowest BCUT2D eigenvalue weighted by Crippen LogP contribution is -2.19. The molecular formula is C29H22N4O5S2. The van der Waals surface area contributed by atoms with Gasteiger partial charge in [-0.15, -0.1) is 11.8 Å². The van der Waals surface area contributed by atoms with Crippen LogP contribution >= 0.6 is 23.1 Å². The van der Waals surface area contributed by atoms with Gasteiger partial charge in [0, 0.05) is 28.3 Å². The van der Waals surface area contributed by atoms with Gasteiger partial charge in [0.1, 0.15) is 11.0 Å². The molecule has 0 fully saturated rings. The number of hydrogen-bond donors (Lipinski definition) is 2. The van der Waals surface area contributed by atoms with E-state index in [2.05, 4.69) is 15.6 Å². The summed E-state index contributed by atoms with van der Waals surface area (Å²) in [5, 5.41) is 16.5. The first-order valence-electron chi connectivity index (χ1n) is 12.0. The van der Waals surface area contributed by atoms with Gasteiger partial charge in [0.25, 0.3) is 11.6 Å². The highest BCUT2D eigenvalue weighted by molar-refractivity contribution is 8.00. The van der Waals surface area contributed by atoms with Crippen molar-refractivity contribution < 1.29 is 19.2 Å². The Labute approximate surface area is 237 Å². The fourth-order valence-electron chi connectivity index (χ4n) is 3.88. The molecule has 0 saturated heterocycles. The van der Waals surface area contributed by atoms with E-state index in [1.807, 2.05) is 54.6 Å². The second-order valence-electron chi connectivity index (χ2n) is 8.54. The van der Waals surface area contributed by atoms with Gasteiger partial charge in [0.15, 0.2) is 5.13 Å². The molecular weight excluding hydrogens is 548 g/mol. The number of nitro benzene ring substituents is 1. The molecule has 0 bridgehead atoms. The first kappa shape index (κ1) is 26.9. The molecule has 5 rings (SSSR count). The fraction of sp³-hybridized carbons (Fsp3) is 0.0690. The molecule has 1 atom stereocenters. The van der Waals surface area contributed by atoms with Crippen molar-refractivity contribution in [3.63, 3.8) is 0 Å². The standard InChI is InChI=1S/C29H22N4O5S2/c1-38-22-14-15-24-25(17-22)40-29(31-24)32-28(35)26(18-6-3-2-4-7-18)39-23-9-5-8-20(16-23)30-27(34)19-10-12-21(13-11-19)33(36)37/h2-17,26H,1H3,(H,30,34)(H,31,32,35). The molecule has 4 aromatic carbocycles. The van der Waals surface area contributed by atoms with E-state index in [0.29, 0.717) is 22.1 Å². The van der Waals surface area contributed by atoms with E-state index in [-0.39, 0.29) is 11.6 Å². The number of nitro groups is 1. The topological polar surface area (TPSA) is 123 Å². The third kappa shape index (κ3) is 6.28. The average Bonchev–Trinajstić information content (AvgIpc) is 3.37. The van der Waals surface area contributed by atoms with Gasteiger partial charge in [-0.05, 0) is 54.1 Å². The molecule has 0 aliphatic carbocycles. The maximum atomic E-state index is 13.5. The first-order chi connectivity index (χ1) is 19.4. The van der Waals surface area contributed by atoms with E-state index in [4.69, 9.17) is 4.74 Å². The number of non-ortho nitro benzene ring substituents is 1. The van der Waals surface area contributed by atoms with Crippen molar-refractivity contribution in [3.8, 4) is 5.75 Å². The summed E-state index contributed by atoms with van der Waals surface area (Å²) in [6, 6.07) is 27.5. The molecule has 1 heterocycles. The van der Waals surface area contributed by atoms with E-state index < -0.39 is 16.1 Å². The summed E-state index contributed by atoms with van der Waals surface area (Å²) < 4.78 is 6.18. The van der Waals surface area contributed by atoms with Gasteiger partial charge in [-0.2, -0.15) is 0 Å². The Morgan fingerprint density at radius 1 is 0.950 bits per heavy atom. The van der Waals surface area contributed by atoms with Gasteiger partial charge < -0.3 is 15.4 Å². The number of methoxy groups -OCH3 is 1. The number of fused-ring (bicyclic) bond motifs is 1. The summed E-state index contributed by atoms with van der Waals surface area (Å²) in [6.07, 6.45) is 0. The number of carbonyl (C=O) groups is 2. The lowest BCUT2D eigenvalue weighted by molar-refractivity contribution is -0.384. The van der Waals surface area contributed by atoms with Crippen molar-refractivity contribution in [1.29, 1.82) is 0 Å². The summed E-state index contributed by atoms with van der Waals surface area (Å²) in [6.45, 7) is 0. The minimum atomic E-state index is -0.594. The zero-order valence-electron chi connectivity index (χ0n) is 21.1. The maximum Gasteiger partial charge on any atom is 0.269 e. The Morgan fingerprint density at radius 2 is 1.73 bits per heavy atom. The molecule has 0 aliphatic heterocycles. The highest BCUT2D eigenvalue weighted by Crippen LogP contribution is 2.38. The fourth-order valence-corrected chi connectivity index (χ4v) is 5.86. The summed E-state index contributed by atoms with van der Waals surface area (Å²) in [7, 11) is 1.60. The lowest BCUT2D eigenvalue weighted by Gasteiger charge is -2.17. The number of benzene rings is 4. The quantitative estimate of drug-likeness (QED) is 0.112. The number of aromatic nitrogens is 1. The molecule has 9 nitrogen and oxygen atoms in total. The highest BCUT2D eigenvalue weighted by atomic mass is 32.2. The normalized spacial score (nSPS) is 11.5. The number of carbonyl (C=O) groups excluding carboxylic acids is 2. The van der Waals surface area contributed by atoms with E-state index >= 15 is 0 Å². The molecule has 0 spiro atoms. The zero-order valence-corrected chi connectivity index (χ0v) is 22.7. The number of ether oxygens (including phenoxy) is 1. The molecule has 0 saturated carbocycles. The Morgan fingerprint density at radius 3 is 2.45 bits per heavy atom. The van der Waals surface area contributed by atoms with Gasteiger partial charge in [-0.25, -0.2) is 4.98 Å². The van der Waals surface area contributed by atoms with Crippen molar-refractivity contribution in [2.24, 2.45) is 0 Å². The smallest absolute Gasteiger partial charge is 0.269 e. The van der Waals surface area contributed by atoms with Gasteiger partial charge in [-0.1, -0.05) is 47.7 Å². The van der Waals surface area contributed by atoms with E-state index in [1.54, 1.807) is 25.3 Å². The van der Waals surface area contributed by atoms with Gasteiger partial charge in [0.05, 0.1) is 22.2 Å². The van der Waals surface area contributed by atoms with Crippen LogP contribution in [0, 0.1) is 10.1 Å². The third-order valence-corrected chi connectivity index (χ3v) is 8.03. The van der Waals surface area contributed by atoms with Crippen LogP contribution in [0.25, 0.3) is 10.2 Å². The summed E-state index contributed by atoms with van der Waals surface area (Å²) in [5.41, 5.74) is 2.31. The minimum Gasteiger partial charge on any atom is -0.497 e. The number of amides is 2. The van der Waals surface area contributed by atoms with Crippen LogP contribution in [-0.4, -0.2) is 28.8 Å². The van der Waals surface area contributed by atoms with Crippen LogP contribution in [0.3, 0.4) is 0 Å². The van der Waals surface area contributed by atoms with Crippen LogP contribution in [0.15, 0.2) is 102 Å². The van der Waals surface area contributed by atoms with Crippen LogP contribution in [0.2, 0.25) is 0 Å². The zero-order chi connectivity index (χ0) is 28.1. The van der Waals surface area contributed by atoms with Gasteiger partial charge in [-0.3, -0.25) is 19.7 Å². The molecule has 11 heteroatoms. The minimum absolute atomic E-state index is 0.0919. The largest absolute Gasteiger partial charge is 0.497 e. The number of nitrogens with one attached hydrogen (secondary N) is 2. The van der Waals surface area contributed by atoms with Crippen LogP contribution in [0.4, 0.5) is 16.5 Å². The second-order valence-corrected chi connectivity index (χ2v) is 10.7. The summed E-state index contributed by atoms with van der Waals surface area (Å²) in [5.74, 6) is 0.0803. The SMILES string of the molecule is COc1ccc2nc(NC(=O)C(Sc3cccc(NC(=O)c4ccc([N+](=O)[O-])cc4)c3)c3ccccc3)sc2c1. The molecule has 2 amide bonds. The monoisotopic (exact) mass is 570 g/mol. The lowest BCUT2D eigenvalue weighted by atomic mass is 10.1. The number of nitrogens with zero attached hydrogens (tertiary/aromatic N) is 2. The number of rotatable bonds is 9. The molecule has 2 N–H and O–H groups in total. The molecule has 0 radical (unpaired) electrons. The van der Waals surface area contributed by atoms with Crippen LogP contribution in [0.1, 0.15) is 21.2 Å². The predicted octanol–water partition coefficient (Wildman–Crippen LogP) is 6.94. The van der Waals surface area contributed by atoms with Crippen molar-refractivity contribution >= 4 is 61.6 Å². The van der Waals surface area contributed by atoms with E-state index in [0.717, 1.165) is 20.7 Å². The molecule has 1 aromatic heterocycles. The molecule has 40 heavy (non-hydrogen) atoms. The maximum absolute atomic E-state index is 13.5. The number of hydrogen-bond acceptors (Lipinski definition) is 8. The van der Waals surface area contributed by atoms with Crippen molar-refractivity contribution in [1.82, 2.24) is 4.98 Å². The molecule has 200 valence electrons. The number of thiazole rings is 1. The van der Waals surface area contributed by atoms with Crippen molar-refractivity contribution in [2.45, 2.75) is 10.1 Å². The van der Waals surface area contributed by atoms with Gasteiger partial charge >= 0.3 is 0 Å². The van der Waals surface area contributed by atoms with Crippen LogP contribution < -0.4 is 15.4 Å². The Hall–Kier alpha value is -4.74. The molecule has 1 unspecified atom stereocenters. The highest BCUT2D eigenvalue weighted by Gasteiger charge is 2.24. The molecule has 5 aromatic rings. The van der Waals surface area contributed by atoms with E-state index in [9.17, 15) is 19.7 Å². The number of thioether (sulfide) groups is 1. The number of anilines is 2. The third-order valence-electron chi connectivity index (χ3n) is 5.85. The Kier molecular flexibility index (Phi) is 8.04. The van der Waals surface area contributed by atoms with Crippen molar-refractivity contribution in [2.75, 3.05) is 17.7 Å². The van der Waals surface area contributed by atoms with Gasteiger partial charge in [0.2, 0.25) is 5.91 Å². The van der Waals surface area contributed by atoms with Crippen LogP contribution in [-0.2, 0) is 4.79 Å².